The first-order valence-electron chi connectivity index (χ1n) is 6.54. The molecule has 0 amide bonds. The van der Waals surface area contributed by atoms with Gasteiger partial charge in [0.2, 0.25) is 0 Å². The van der Waals surface area contributed by atoms with Crippen LogP contribution in [0.3, 0.4) is 0 Å². The Hall–Kier alpha value is -0.840. The van der Waals surface area contributed by atoms with Gasteiger partial charge in [0.25, 0.3) is 0 Å². The van der Waals surface area contributed by atoms with Gasteiger partial charge in [-0.2, -0.15) is 0 Å². The number of nitrogens with one attached hydrogen (secondary N) is 1. The summed E-state index contributed by atoms with van der Waals surface area (Å²) in [4.78, 5) is 2.35. The molecule has 0 aliphatic heterocycles. The Morgan fingerprint density at radius 1 is 1.44 bits per heavy atom. The largest absolute Gasteiger partial charge is 0.465 e. The van der Waals surface area contributed by atoms with E-state index in [4.69, 9.17) is 9.15 Å². The van der Waals surface area contributed by atoms with Gasteiger partial charge in [-0.25, -0.2) is 0 Å². The van der Waals surface area contributed by atoms with Gasteiger partial charge in [0.1, 0.15) is 11.5 Å². The van der Waals surface area contributed by atoms with E-state index >= 15 is 0 Å². The van der Waals surface area contributed by atoms with Crippen molar-refractivity contribution in [1.82, 2.24) is 10.2 Å². The highest BCUT2D eigenvalue weighted by Crippen LogP contribution is 2.17. The standard InChI is InChI=1S/C14H26N2O2/c1-11(2)16(6-7-17-5)10-14-8-13(9-15-4)12(3)18-14/h8,11,15H,6-7,9-10H2,1-5H3. The van der Waals surface area contributed by atoms with Crippen LogP contribution >= 0.6 is 0 Å². The first kappa shape index (κ1) is 15.2. The molecule has 0 bridgehead atoms. The SMILES string of the molecule is CNCc1cc(CN(CCOC)C(C)C)oc1C. The third-order valence-corrected chi connectivity index (χ3v) is 3.11. The van der Waals surface area contributed by atoms with Crippen LogP contribution in [0, 0.1) is 6.92 Å². The second-order valence-corrected chi connectivity index (χ2v) is 4.88. The van der Waals surface area contributed by atoms with Gasteiger partial charge in [-0.15, -0.1) is 0 Å². The molecule has 0 atom stereocenters. The normalized spacial score (nSPS) is 11.7. The van der Waals surface area contributed by atoms with Gasteiger partial charge in [0.05, 0.1) is 13.2 Å². The molecule has 1 N–H and O–H groups in total. The number of ether oxygens (including phenoxy) is 1. The van der Waals surface area contributed by atoms with Crippen LogP contribution in [0.15, 0.2) is 10.5 Å². The second kappa shape index (κ2) is 7.56. The Labute approximate surface area is 110 Å². The van der Waals surface area contributed by atoms with Crippen molar-refractivity contribution in [3.63, 3.8) is 0 Å². The Bertz CT molecular complexity index is 348. The van der Waals surface area contributed by atoms with Gasteiger partial charge in [-0.3, -0.25) is 4.90 Å². The average molecular weight is 254 g/mol. The highest BCUT2D eigenvalue weighted by molar-refractivity contribution is 5.20. The predicted molar refractivity (Wildman–Crippen MR) is 73.6 cm³/mol. The Kier molecular flexibility index (Phi) is 6.39. The zero-order valence-corrected chi connectivity index (χ0v) is 12.2. The molecule has 0 aliphatic rings. The molecule has 4 heteroatoms. The van der Waals surface area contributed by atoms with Crippen molar-refractivity contribution in [2.24, 2.45) is 0 Å². The van der Waals surface area contributed by atoms with Gasteiger partial charge in [-0.1, -0.05) is 0 Å². The molecule has 0 radical (unpaired) electrons. The summed E-state index contributed by atoms with van der Waals surface area (Å²) in [6.45, 7) is 9.78. The van der Waals surface area contributed by atoms with Gasteiger partial charge >= 0.3 is 0 Å². The predicted octanol–water partition coefficient (Wildman–Crippen LogP) is 2.16. The van der Waals surface area contributed by atoms with Crippen molar-refractivity contribution in [2.75, 3.05) is 27.3 Å². The molecule has 0 saturated carbocycles. The molecule has 1 aromatic rings. The summed E-state index contributed by atoms with van der Waals surface area (Å²) in [7, 11) is 3.69. The first-order chi connectivity index (χ1) is 8.58. The van der Waals surface area contributed by atoms with Gasteiger partial charge < -0.3 is 14.5 Å². The lowest BCUT2D eigenvalue weighted by Gasteiger charge is -2.24. The third-order valence-electron chi connectivity index (χ3n) is 3.11. The fourth-order valence-electron chi connectivity index (χ4n) is 1.96. The third kappa shape index (κ3) is 4.44. The van der Waals surface area contributed by atoms with E-state index in [1.165, 1.54) is 5.56 Å². The molecule has 104 valence electrons. The minimum atomic E-state index is 0.485. The minimum Gasteiger partial charge on any atom is -0.465 e. The van der Waals surface area contributed by atoms with Gasteiger partial charge in [0.15, 0.2) is 0 Å². The number of methoxy groups -OCH3 is 1. The monoisotopic (exact) mass is 254 g/mol. The van der Waals surface area contributed by atoms with Crippen LogP contribution in [-0.4, -0.2) is 38.3 Å². The highest BCUT2D eigenvalue weighted by Gasteiger charge is 2.13. The van der Waals surface area contributed by atoms with Crippen molar-refractivity contribution in [3.05, 3.63) is 23.2 Å². The number of rotatable bonds is 8. The number of aryl methyl sites for hydroxylation is 1. The fraction of sp³-hybridized carbons (Fsp3) is 0.714. The van der Waals surface area contributed by atoms with Crippen molar-refractivity contribution in [3.8, 4) is 0 Å². The number of hydrogen-bond acceptors (Lipinski definition) is 4. The van der Waals surface area contributed by atoms with E-state index in [9.17, 15) is 0 Å². The van der Waals surface area contributed by atoms with Crippen molar-refractivity contribution < 1.29 is 9.15 Å². The maximum absolute atomic E-state index is 5.81. The van der Waals surface area contributed by atoms with E-state index in [0.29, 0.717) is 6.04 Å². The summed E-state index contributed by atoms with van der Waals surface area (Å²) < 4.78 is 11.0. The van der Waals surface area contributed by atoms with E-state index in [1.807, 2.05) is 14.0 Å². The summed E-state index contributed by atoms with van der Waals surface area (Å²) >= 11 is 0. The molecule has 1 rings (SSSR count). The molecule has 0 fully saturated rings. The molecule has 1 aromatic heterocycles. The molecule has 0 spiro atoms. The average Bonchev–Trinajstić information content (AvgIpc) is 2.65. The number of furan rings is 1. The van der Waals surface area contributed by atoms with Crippen molar-refractivity contribution >= 4 is 0 Å². The topological polar surface area (TPSA) is 37.6 Å². The maximum Gasteiger partial charge on any atom is 0.118 e. The zero-order chi connectivity index (χ0) is 13.5. The minimum absolute atomic E-state index is 0.485. The molecule has 0 saturated heterocycles. The molecule has 0 unspecified atom stereocenters. The van der Waals surface area contributed by atoms with Crippen LogP contribution in [0.1, 0.15) is 30.9 Å². The van der Waals surface area contributed by atoms with E-state index in [0.717, 1.165) is 37.8 Å². The Morgan fingerprint density at radius 3 is 2.72 bits per heavy atom. The Morgan fingerprint density at radius 2 is 2.17 bits per heavy atom. The molecule has 18 heavy (non-hydrogen) atoms. The van der Waals surface area contributed by atoms with Crippen LogP contribution in [0.25, 0.3) is 0 Å². The summed E-state index contributed by atoms with van der Waals surface area (Å²) in [5.41, 5.74) is 1.24. The van der Waals surface area contributed by atoms with Crippen LogP contribution in [0.5, 0.6) is 0 Å². The lowest BCUT2D eigenvalue weighted by molar-refractivity contribution is 0.119. The fourth-order valence-corrected chi connectivity index (χ4v) is 1.96. The molecule has 1 heterocycles. The summed E-state index contributed by atoms with van der Waals surface area (Å²) in [6, 6.07) is 2.63. The summed E-state index contributed by atoms with van der Waals surface area (Å²) in [5, 5.41) is 3.15. The van der Waals surface area contributed by atoms with Crippen molar-refractivity contribution in [2.45, 2.75) is 39.9 Å². The first-order valence-corrected chi connectivity index (χ1v) is 6.54. The highest BCUT2D eigenvalue weighted by atomic mass is 16.5. The van der Waals surface area contributed by atoms with Gasteiger partial charge in [0, 0.05) is 31.8 Å². The maximum atomic E-state index is 5.81. The molecular formula is C14H26N2O2. The molecule has 4 nitrogen and oxygen atoms in total. The number of hydrogen-bond donors (Lipinski definition) is 1. The quantitative estimate of drug-likeness (QED) is 0.771. The van der Waals surface area contributed by atoms with Gasteiger partial charge in [-0.05, 0) is 33.9 Å². The van der Waals surface area contributed by atoms with E-state index in [1.54, 1.807) is 7.11 Å². The number of nitrogens with zero attached hydrogens (tertiary/aromatic N) is 1. The van der Waals surface area contributed by atoms with Crippen LogP contribution in [-0.2, 0) is 17.8 Å². The molecular weight excluding hydrogens is 228 g/mol. The molecule has 0 aliphatic carbocycles. The lowest BCUT2D eigenvalue weighted by Crippen LogP contribution is -2.33. The summed E-state index contributed by atoms with van der Waals surface area (Å²) in [6.07, 6.45) is 0. The van der Waals surface area contributed by atoms with Crippen LogP contribution in [0.2, 0.25) is 0 Å². The van der Waals surface area contributed by atoms with Crippen LogP contribution < -0.4 is 5.32 Å². The van der Waals surface area contributed by atoms with E-state index < -0.39 is 0 Å². The van der Waals surface area contributed by atoms with Crippen LogP contribution in [0.4, 0.5) is 0 Å². The lowest BCUT2D eigenvalue weighted by atomic mass is 10.2. The smallest absolute Gasteiger partial charge is 0.118 e. The van der Waals surface area contributed by atoms with E-state index in [2.05, 4.69) is 30.1 Å². The zero-order valence-electron chi connectivity index (χ0n) is 12.2. The van der Waals surface area contributed by atoms with Crippen molar-refractivity contribution in [1.29, 1.82) is 0 Å². The Balaban J connectivity index is 2.65. The molecule has 0 aromatic carbocycles. The summed E-state index contributed by atoms with van der Waals surface area (Å²) in [5.74, 6) is 2.04. The van der Waals surface area contributed by atoms with E-state index in [-0.39, 0.29) is 0 Å². The second-order valence-electron chi connectivity index (χ2n) is 4.88.